The van der Waals surface area contributed by atoms with Crippen LogP contribution in [0, 0.1) is 13.8 Å². The molecule has 1 amide bonds. The van der Waals surface area contributed by atoms with Crippen molar-refractivity contribution < 1.29 is 14.7 Å². The van der Waals surface area contributed by atoms with Gasteiger partial charge in [0.25, 0.3) is 11.7 Å². The van der Waals surface area contributed by atoms with Gasteiger partial charge in [0, 0.05) is 20.6 Å². The van der Waals surface area contributed by atoms with Gasteiger partial charge < -0.3 is 5.11 Å². The smallest absolute Gasteiger partial charge is 0.300 e. The number of anilines is 1. The molecule has 6 heteroatoms. The van der Waals surface area contributed by atoms with Crippen LogP contribution in [0.1, 0.15) is 27.6 Å². The number of nitrogens with zero attached hydrogens (tertiary/aromatic N) is 1. The van der Waals surface area contributed by atoms with Gasteiger partial charge in [0.2, 0.25) is 0 Å². The summed E-state index contributed by atoms with van der Waals surface area (Å²) in [6.07, 6.45) is 0. The van der Waals surface area contributed by atoms with Crippen LogP contribution in [-0.2, 0) is 9.59 Å². The number of hydrogen-bond donors (Lipinski definition) is 1. The van der Waals surface area contributed by atoms with E-state index in [0.717, 1.165) is 20.5 Å². The summed E-state index contributed by atoms with van der Waals surface area (Å²) >= 11 is 4.85. The molecule has 0 radical (unpaired) electrons. The number of thiophene rings is 1. The molecule has 2 aromatic carbocycles. The quantitative estimate of drug-likeness (QED) is 0.302. The molecule has 0 aliphatic carbocycles. The lowest BCUT2D eigenvalue weighted by molar-refractivity contribution is -0.132. The Hall–Kier alpha value is -2.70. The van der Waals surface area contributed by atoms with Crippen molar-refractivity contribution >= 4 is 50.4 Å². The van der Waals surface area contributed by atoms with Gasteiger partial charge in [-0.15, -0.1) is 11.3 Å². The van der Waals surface area contributed by atoms with Crippen molar-refractivity contribution in [2.45, 2.75) is 19.9 Å². The van der Waals surface area contributed by atoms with Gasteiger partial charge in [-0.05, 0) is 54.6 Å². The third kappa shape index (κ3) is 3.32. The molecule has 1 fully saturated rings. The minimum absolute atomic E-state index is 0.117. The van der Waals surface area contributed by atoms with Crippen LogP contribution >= 0.6 is 27.3 Å². The summed E-state index contributed by atoms with van der Waals surface area (Å²) in [6, 6.07) is 15.8. The summed E-state index contributed by atoms with van der Waals surface area (Å²) in [5.74, 6) is -1.47. The van der Waals surface area contributed by atoms with E-state index in [1.54, 1.807) is 24.3 Å². The van der Waals surface area contributed by atoms with Gasteiger partial charge in [-0.25, -0.2) is 0 Å². The van der Waals surface area contributed by atoms with Gasteiger partial charge in [0.1, 0.15) is 11.8 Å². The van der Waals surface area contributed by atoms with E-state index < -0.39 is 17.7 Å². The highest BCUT2D eigenvalue weighted by molar-refractivity contribution is 9.10. The van der Waals surface area contributed by atoms with Gasteiger partial charge in [0.15, 0.2) is 0 Å². The fraction of sp³-hybridized carbons (Fsp3) is 0.130. The number of benzene rings is 2. The Balaban J connectivity index is 1.97. The Kier molecular flexibility index (Phi) is 5.15. The first-order valence-corrected chi connectivity index (χ1v) is 10.7. The van der Waals surface area contributed by atoms with E-state index in [2.05, 4.69) is 15.9 Å². The second kappa shape index (κ2) is 7.61. The van der Waals surface area contributed by atoms with E-state index in [4.69, 9.17) is 0 Å². The average molecular weight is 468 g/mol. The summed E-state index contributed by atoms with van der Waals surface area (Å²) in [4.78, 5) is 28.6. The molecule has 0 bridgehead atoms. The fourth-order valence-electron chi connectivity index (χ4n) is 3.59. The molecular weight excluding hydrogens is 450 g/mol. The monoisotopic (exact) mass is 467 g/mol. The zero-order valence-electron chi connectivity index (χ0n) is 15.8. The Morgan fingerprint density at radius 2 is 1.69 bits per heavy atom. The second-order valence-corrected chi connectivity index (χ2v) is 8.79. The molecule has 1 aliphatic rings. The van der Waals surface area contributed by atoms with E-state index >= 15 is 0 Å². The molecule has 3 aromatic rings. The molecule has 1 N–H and O–H groups in total. The summed E-state index contributed by atoms with van der Waals surface area (Å²) < 4.78 is 0.861. The molecule has 1 aliphatic heterocycles. The van der Waals surface area contributed by atoms with Crippen LogP contribution in [-0.4, -0.2) is 16.8 Å². The van der Waals surface area contributed by atoms with Gasteiger partial charge in [-0.1, -0.05) is 46.3 Å². The Bertz CT molecular complexity index is 1150. The highest BCUT2D eigenvalue weighted by Crippen LogP contribution is 2.45. The Morgan fingerprint density at radius 3 is 2.31 bits per heavy atom. The largest absolute Gasteiger partial charge is 0.507 e. The Morgan fingerprint density at radius 1 is 1.00 bits per heavy atom. The standard InChI is InChI=1S/C23H18BrNO3S/c1-13-5-3-4-6-17(13)25-19(22-14(2)11-12-29-22)18(21(27)23(25)28)20(26)15-7-9-16(24)10-8-15/h3-12,19,26H,1-2H3/b20-18-. The summed E-state index contributed by atoms with van der Waals surface area (Å²) in [5.41, 5.74) is 3.14. The molecular formula is C23H18BrNO3S. The highest BCUT2D eigenvalue weighted by Gasteiger charge is 2.48. The number of aliphatic hydroxyl groups is 1. The minimum Gasteiger partial charge on any atom is -0.507 e. The maximum absolute atomic E-state index is 13.1. The number of carbonyl (C=O) groups excluding carboxylic acids is 2. The van der Waals surface area contributed by atoms with E-state index in [-0.39, 0.29) is 11.3 Å². The van der Waals surface area contributed by atoms with Crippen LogP contribution in [0.2, 0.25) is 0 Å². The van der Waals surface area contributed by atoms with E-state index in [1.807, 2.05) is 49.6 Å². The molecule has 1 aromatic heterocycles. The maximum Gasteiger partial charge on any atom is 0.300 e. The third-order valence-electron chi connectivity index (χ3n) is 5.09. The van der Waals surface area contributed by atoms with Crippen LogP contribution in [0.25, 0.3) is 5.76 Å². The molecule has 0 spiro atoms. The molecule has 146 valence electrons. The summed E-state index contributed by atoms with van der Waals surface area (Å²) in [7, 11) is 0. The maximum atomic E-state index is 13.1. The molecule has 4 rings (SSSR count). The van der Waals surface area contributed by atoms with Crippen molar-refractivity contribution in [1.82, 2.24) is 0 Å². The number of ketones is 1. The third-order valence-corrected chi connectivity index (χ3v) is 6.69. The number of Topliss-reactive ketones (excluding diaryl/α,β-unsaturated/α-hetero) is 1. The first-order chi connectivity index (χ1) is 13.9. The van der Waals surface area contributed by atoms with Crippen LogP contribution < -0.4 is 4.90 Å². The van der Waals surface area contributed by atoms with Gasteiger partial charge >= 0.3 is 0 Å². The second-order valence-electron chi connectivity index (χ2n) is 6.93. The van der Waals surface area contributed by atoms with Crippen molar-refractivity contribution in [3.63, 3.8) is 0 Å². The molecule has 1 atom stereocenters. The molecule has 1 unspecified atom stereocenters. The van der Waals surface area contributed by atoms with Crippen LogP contribution in [0.3, 0.4) is 0 Å². The number of para-hydroxylation sites is 1. The van der Waals surface area contributed by atoms with Gasteiger partial charge in [0.05, 0.1) is 5.57 Å². The van der Waals surface area contributed by atoms with Crippen molar-refractivity contribution in [2.75, 3.05) is 4.90 Å². The zero-order valence-corrected chi connectivity index (χ0v) is 18.3. The van der Waals surface area contributed by atoms with E-state index in [1.165, 1.54) is 16.2 Å². The predicted octanol–water partition coefficient (Wildman–Crippen LogP) is 5.75. The summed E-state index contributed by atoms with van der Waals surface area (Å²) in [5, 5.41) is 13.0. The number of amides is 1. The SMILES string of the molecule is Cc1ccccc1N1C(=O)C(=O)/C(=C(\O)c2ccc(Br)cc2)C1c1sccc1C. The number of hydrogen-bond acceptors (Lipinski definition) is 4. The summed E-state index contributed by atoms with van der Waals surface area (Å²) in [6.45, 7) is 3.85. The van der Waals surface area contributed by atoms with Crippen LogP contribution in [0.4, 0.5) is 5.69 Å². The predicted molar refractivity (Wildman–Crippen MR) is 119 cm³/mol. The van der Waals surface area contributed by atoms with Gasteiger partial charge in [-0.3, -0.25) is 14.5 Å². The van der Waals surface area contributed by atoms with Crippen LogP contribution in [0.5, 0.6) is 0 Å². The van der Waals surface area contributed by atoms with Gasteiger partial charge in [-0.2, -0.15) is 0 Å². The average Bonchev–Trinajstić information content (AvgIpc) is 3.23. The molecule has 1 saturated heterocycles. The van der Waals surface area contributed by atoms with Crippen molar-refractivity contribution in [2.24, 2.45) is 0 Å². The Labute approximate surface area is 181 Å². The van der Waals surface area contributed by atoms with E-state index in [0.29, 0.717) is 11.3 Å². The fourth-order valence-corrected chi connectivity index (χ4v) is 4.88. The lowest BCUT2D eigenvalue weighted by atomic mass is 9.98. The number of rotatable bonds is 3. The first-order valence-electron chi connectivity index (χ1n) is 9.06. The number of halogens is 1. The van der Waals surface area contributed by atoms with Crippen molar-refractivity contribution in [1.29, 1.82) is 0 Å². The van der Waals surface area contributed by atoms with Crippen molar-refractivity contribution in [3.8, 4) is 0 Å². The number of aliphatic hydroxyl groups excluding tert-OH is 1. The number of carbonyl (C=O) groups is 2. The molecule has 0 saturated carbocycles. The molecule has 2 heterocycles. The van der Waals surface area contributed by atoms with E-state index in [9.17, 15) is 14.7 Å². The minimum atomic E-state index is -0.675. The lowest BCUT2D eigenvalue weighted by Crippen LogP contribution is -2.30. The topological polar surface area (TPSA) is 57.6 Å². The first kappa shape index (κ1) is 19.6. The van der Waals surface area contributed by atoms with Crippen molar-refractivity contribution in [3.05, 3.63) is 91.6 Å². The lowest BCUT2D eigenvalue weighted by Gasteiger charge is -2.26. The highest BCUT2D eigenvalue weighted by atomic mass is 79.9. The zero-order chi connectivity index (χ0) is 20.7. The molecule has 29 heavy (non-hydrogen) atoms. The van der Waals surface area contributed by atoms with Crippen LogP contribution in [0.15, 0.2) is 70.0 Å². The number of aryl methyl sites for hydroxylation is 2. The molecule has 4 nitrogen and oxygen atoms in total. The normalized spacial score (nSPS) is 18.4.